The largest absolute Gasteiger partial charge is 0.492 e. The predicted octanol–water partition coefficient (Wildman–Crippen LogP) is 2.99. The Hall–Kier alpha value is -2.76. The molecule has 5 nitrogen and oxygen atoms in total. The van der Waals surface area contributed by atoms with Crippen molar-refractivity contribution >= 4 is 17.3 Å². The Bertz CT molecular complexity index is 728. The maximum absolute atomic E-state index is 13.0. The lowest BCUT2D eigenvalue weighted by Gasteiger charge is -2.36. The van der Waals surface area contributed by atoms with E-state index < -0.39 is 0 Å². The van der Waals surface area contributed by atoms with Crippen molar-refractivity contribution in [3.05, 3.63) is 54.3 Å². The van der Waals surface area contributed by atoms with Crippen LogP contribution in [0.4, 0.5) is 15.8 Å². The van der Waals surface area contributed by atoms with Crippen LogP contribution in [0.2, 0.25) is 0 Å². The zero-order valence-corrected chi connectivity index (χ0v) is 15.0. The fourth-order valence-electron chi connectivity index (χ4n) is 3.04. The molecule has 1 amide bonds. The number of hydrogen-bond acceptors (Lipinski definition) is 4. The summed E-state index contributed by atoms with van der Waals surface area (Å²) in [5, 5.41) is 3.17. The lowest BCUT2D eigenvalue weighted by atomic mass is 10.2. The molecule has 1 aliphatic rings. The third-order valence-corrected chi connectivity index (χ3v) is 4.44. The lowest BCUT2D eigenvalue weighted by Crippen LogP contribution is -2.50. The number of carbonyl (C=O) groups excluding carboxylic acids is 1. The number of benzene rings is 2. The first-order valence-electron chi connectivity index (χ1n) is 8.91. The zero-order chi connectivity index (χ0) is 18.4. The monoisotopic (exact) mass is 357 g/mol. The predicted molar refractivity (Wildman–Crippen MR) is 101 cm³/mol. The van der Waals surface area contributed by atoms with Gasteiger partial charge in [-0.05, 0) is 43.3 Å². The minimum Gasteiger partial charge on any atom is -0.492 e. The molecule has 1 aliphatic heterocycles. The van der Waals surface area contributed by atoms with Gasteiger partial charge in [-0.2, -0.15) is 0 Å². The SMILES string of the molecule is CCOc1ccccc1NCC(=O)N1CCN(c2ccc(F)cc2)CC1. The van der Waals surface area contributed by atoms with E-state index in [1.165, 1.54) is 12.1 Å². The number of hydrogen-bond donors (Lipinski definition) is 1. The van der Waals surface area contributed by atoms with Gasteiger partial charge in [-0.25, -0.2) is 4.39 Å². The number of amides is 1. The Labute approximate surface area is 153 Å². The molecule has 1 N–H and O–H groups in total. The molecular weight excluding hydrogens is 333 g/mol. The van der Waals surface area contributed by atoms with Crippen LogP contribution in [0.15, 0.2) is 48.5 Å². The minimum absolute atomic E-state index is 0.0649. The Morgan fingerprint density at radius 1 is 1.08 bits per heavy atom. The Kier molecular flexibility index (Phi) is 5.94. The minimum atomic E-state index is -0.235. The molecule has 1 saturated heterocycles. The summed E-state index contributed by atoms with van der Waals surface area (Å²) >= 11 is 0. The summed E-state index contributed by atoms with van der Waals surface area (Å²) in [6, 6.07) is 14.1. The highest BCUT2D eigenvalue weighted by Crippen LogP contribution is 2.23. The van der Waals surface area contributed by atoms with Gasteiger partial charge in [0.2, 0.25) is 5.91 Å². The number of ether oxygens (including phenoxy) is 1. The maximum atomic E-state index is 13.0. The van der Waals surface area contributed by atoms with E-state index in [0.717, 1.165) is 30.2 Å². The highest BCUT2D eigenvalue weighted by atomic mass is 19.1. The van der Waals surface area contributed by atoms with Crippen molar-refractivity contribution < 1.29 is 13.9 Å². The lowest BCUT2D eigenvalue weighted by molar-refractivity contribution is -0.129. The number of anilines is 2. The number of nitrogens with zero attached hydrogens (tertiary/aromatic N) is 2. The van der Waals surface area contributed by atoms with Crippen molar-refractivity contribution in [3.63, 3.8) is 0 Å². The van der Waals surface area contributed by atoms with Crippen molar-refractivity contribution in [3.8, 4) is 5.75 Å². The summed E-state index contributed by atoms with van der Waals surface area (Å²) in [5.74, 6) is 0.583. The van der Waals surface area contributed by atoms with E-state index in [0.29, 0.717) is 19.7 Å². The molecule has 2 aromatic carbocycles. The summed E-state index contributed by atoms with van der Waals surface area (Å²) in [6.45, 7) is 5.55. The smallest absolute Gasteiger partial charge is 0.241 e. The first-order valence-corrected chi connectivity index (χ1v) is 8.91. The van der Waals surface area contributed by atoms with Crippen LogP contribution in [-0.2, 0) is 4.79 Å². The molecule has 1 heterocycles. The number of piperazine rings is 1. The third-order valence-electron chi connectivity index (χ3n) is 4.44. The highest BCUT2D eigenvalue weighted by molar-refractivity contribution is 5.81. The molecule has 0 atom stereocenters. The maximum Gasteiger partial charge on any atom is 0.241 e. The summed E-state index contributed by atoms with van der Waals surface area (Å²) in [4.78, 5) is 16.5. The Morgan fingerprint density at radius 3 is 2.46 bits per heavy atom. The molecule has 3 rings (SSSR count). The topological polar surface area (TPSA) is 44.8 Å². The fraction of sp³-hybridized carbons (Fsp3) is 0.350. The van der Waals surface area contributed by atoms with Crippen LogP contribution in [-0.4, -0.2) is 50.1 Å². The quantitative estimate of drug-likeness (QED) is 0.863. The van der Waals surface area contributed by atoms with E-state index in [2.05, 4.69) is 10.2 Å². The van der Waals surface area contributed by atoms with E-state index in [1.54, 1.807) is 12.1 Å². The molecule has 0 unspecified atom stereocenters. The summed E-state index contributed by atoms with van der Waals surface area (Å²) in [7, 11) is 0. The van der Waals surface area contributed by atoms with E-state index in [4.69, 9.17) is 4.74 Å². The molecule has 2 aromatic rings. The van der Waals surface area contributed by atoms with Crippen LogP contribution < -0.4 is 15.0 Å². The first kappa shape index (κ1) is 18.0. The third kappa shape index (κ3) is 4.45. The molecular formula is C20H24FN3O2. The van der Waals surface area contributed by atoms with Gasteiger partial charge in [-0.1, -0.05) is 12.1 Å². The van der Waals surface area contributed by atoms with E-state index >= 15 is 0 Å². The number of halogens is 1. The molecule has 1 fully saturated rings. The molecule has 0 spiro atoms. The highest BCUT2D eigenvalue weighted by Gasteiger charge is 2.21. The van der Waals surface area contributed by atoms with Gasteiger partial charge < -0.3 is 19.9 Å². The molecule has 0 saturated carbocycles. The fourth-order valence-corrected chi connectivity index (χ4v) is 3.04. The van der Waals surface area contributed by atoms with Gasteiger partial charge in [0.15, 0.2) is 0 Å². The van der Waals surface area contributed by atoms with Gasteiger partial charge in [-0.15, -0.1) is 0 Å². The van der Waals surface area contributed by atoms with Crippen molar-refractivity contribution in [2.24, 2.45) is 0 Å². The molecule has 138 valence electrons. The summed E-state index contributed by atoms with van der Waals surface area (Å²) < 4.78 is 18.6. The second kappa shape index (κ2) is 8.56. The van der Waals surface area contributed by atoms with Crippen molar-refractivity contribution in [1.82, 2.24) is 4.90 Å². The number of rotatable bonds is 6. The Morgan fingerprint density at radius 2 is 1.77 bits per heavy atom. The number of para-hydroxylation sites is 2. The molecule has 0 bridgehead atoms. The van der Waals surface area contributed by atoms with Crippen molar-refractivity contribution in [1.29, 1.82) is 0 Å². The zero-order valence-electron chi connectivity index (χ0n) is 15.0. The molecule has 0 aromatic heterocycles. The molecule has 0 aliphatic carbocycles. The number of nitrogens with one attached hydrogen (secondary N) is 1. The van der Waals surface area contributed by atoms with E-state index in [-0.39, 0.29) is 18.3 Å². The van der Waals surface area contributed by atoms with Crippen LogP contribution >= 0.6 is 0 Å². The summed E-state index contributed by atoms with van der Waals surface area (Å²) in [6.07, 6.45) is 0. The van der Waals surface area contributed by atoms with Crippen LogP contribution in [0.3, 0.4) is 0 Å². The molecule has 0 radical (unpaired) electrons. The standard InChI is InChI=1S/C20H24FN3O2/c1-2-26-19-6-4-3-5-18(19)22-15-20(25)24-13-11-23(12-14-24)17-9-7-16(21)8-10-17/h3-10,22H,2,11-15H2,1H3. The average Bonchev–Trinajstić information content (AvgIpc) is 2.68. The van der Waals surface area contributed by atoms with Gasteiger partial charge in [-0.3, -0.25) is 4.79 Å². The van der Waals surface area contributed by atoms with Gasteiger partial charge >= 0.3 is 0 Å². The van der Waals surface area contributed by atoms with Gasteiger partial charge in [0.25, 0.3) is 0 Å². The van der Waals surface area contributed by atoms with Crippen LogP contribution in [0, 0.1) is 5.82 Å². The summed E-state index contributed by atoms with van der Waals surface area (Å²) in [5.41, 5.74) is 1.81. The average molecular weight is 357 g/mol. The van der Waals surface area contributed by atoms with Gasteiger partial charge in [0.05, 0.1) is 18.8 Å². The van der Waals surface area contributed by atoms with E-state index in [1.807, 2.05) is 36.1 Å². The molecule has 6 heteroatoms. The molecule has 26 heavy (non-hydrogen) atoms. The second-order valence-electron chi connectivity index (χ2n) is 6.13. The van der Waals surface area contributed by atoms with Crippen LogP contribution in [0.5, 0.6) is 5.75 Å². The van der Waals surface area contributed by atoms with Crippen molar-refractivity contribution in [2.45, 2.75) is 6.92 Å². The number of carbonyl (C=O) groups is 1. The van der Waals surface area contributed by atoms with Crippen molar-refractivity contribution in [2.75, 3.05) is 49.5 Å². The van der Waals surface area contributed by atoms with Crippen LogP contribution in [0.1, 0.15) is 6.92 Å². The first-order chi connectivity index (χ1) is 12.7. The normalized spacial score (nSPS) is 14.2. The van der Waals surface area contributed by atoms with Gasteiger partial charge in [0, 0.05) is 31.9 Å². The van der Waals surface area contributed by atoms with Gasteiger partial charge in [0.1, 0.15) is 11.6 Å². The Balaban J connectivity index is 1.50. The second-order valence-corrected chi connectivity index (χ2v) is 6.13. The van der Waals surface area contributed by atoms with Crippen LogP contribution in [0.25, 0.3) is 0 Å². The van der Waals surface area contributed by atoms with E-state index in [9.17, 15) is 9.18 Å².